The van der Waals surface area contributed by atoms with Gasteiger partial charge in [-0.25, -0.2) is 4.98 Å². The summed E-state index contributed by atoms with van der Waals surface area (Å²) in [6.45, 7) is 0.305. The molecule has 5 rings (SSSR count). The van der Waals surface area contributed by atoms with Gasteiger partial charge in [-0.1, -0.05) is 53.4 Å². The van der Waals surface area contributed by atoms with E-state index in [1.807, 2.05) is 36.4 Å². The number of anilines is 2. The number of fused-ring (bicyclic) bond motifs is 1. The van der Waals surface area contributed by atoms with Gasteiger partial charge in [0.1, 0.15) is 17.6 Å². The van der Waals surface area contributed by atoms with Crippen molar-refractivity contribution in [2.24, 2.45) is 5.73 Å². The number of carbonyl (C=O) groups is 6. The predicted molar refractivity (Wildman–Crippen MR) is 226 cm³/mol. The molecule has 9 N–H and O–H groups in total. The van der Waals surface area contributed by atoms with Crippen molar-refractivity contribution in [2.45, 2.75) is 94.7 Å². The summed E-state index contributed by atoms with van der Waals surface area (Å²) in [6.07, 6.45) is 10.1. The van der Waals surface area contributed by atoms with E-state index in [2.05, 4.69) is 57.5 Å². The Hall–Kier alpha value is -6.10. The van der Waals surface area contributed by atoms with Gasteiger partial charge in [0.25, 0.3) is 0 Å². The average molecular weight is 873 g/mol. The van der Waals surface area contributed by atoms with Gasteiger partial charge in [0, 0.05) is 41.6 Å². The fourth-order valence-corrected chi connectivity index (χ4v) is 7.24. The number of rotatable bonds is 21. The lowest BCUT2D eigenvalue weighted by Crippen LogP contribution is -2.62. The van der Waals surface area contributed by atoms with Gasteiger partial charge in [-0.15, -0.1) is 0 Å². The van der Waals surface area contributed by atoms with E-state index in [0.29, 0.717) is 56.6 Å². The van der Waals surface area contributed by atoms with E-state index in [9.17, 15) is 33.9 Å². The number of hydrogen-bond donors (Lipinski definition) is 8. The van der Waals surface area contributed by atoms with Crippen molar-refractivity contribution >= 4 is 80.2 Å². The number of halogens is 1. The number of carboxylic acids is 1. The first-order valence-corrected chi connectivity index (χ1v) is 20.5. The molecule has 0 unspecified atom stereocenters. The molecule has 1 saturated carbocycles. The summed E-state index contributed by atoms with van der Waals surface area (Å²) in [5, 5.41) is 23.6. The minimum absolute atomic E-state index is 0.0239. The van der Waals surface area contributed by atoms with Gasteiger partial charge in [-0.2, -0.15) is 0 Å². The lowest BCUT2D eigenvalue weighted by molar-refractivity contribution is -0.138. The second-order valence-electron chi connectivity index (χ2n) is 14.6. The summed E-state index contributed by atoms with van der Waals surface area (Å²) in [7, 11) is 0. The number of hydrogen-bond acceptors (Lipinski definition) is 9. The Morgan fingerprint density at radius 1 is 0.915 bits per heavy atom. The van der Waals surface area contributed by atoms with Gasteiger partial charge < -0.3 is 42.4 Å². The van der Waals surface area contributed by atoms with Crippen molar-refractivity contribution in [3.63, 3.8) is 0 Å². The van der Waals surface area contributed by atoms with Gasteiger partial charge >= 0.3 is 5.97 Å². The maximum atomic E-state index is 13.9. The number of pyridine rings is 1. The molecule has 5 amide bonds. The van der Waals surface area contributed by atoms with Crippen LogP contribution in [0.1, 0.15) is 81.8 Å². The quantitative estimate of drug-likeness (QED) is 0.0429. The molecule has 0 saturated heterocycles. The number of benzene rings is 2. The Bertz CT molecular complexity index is 2120. The second-order valence-corrected chi connectivity index (χ2v) is 15.5. The molecule has 1 aliphatic rings. The minimum atomic E-state index is -1.27. The third-order valence-corrected chi connectivity index (χ3v) is 10.6. The number of carboxylic acid groups (broad SMARTS) is 1. The zero-order valence-electron chi connectivity index (χ0n) is 32.6. The van der Waals surface area contributed by atoms with Crippen LogP contribution in [0.25, 0.3) is 17.1 Å². The van der Waals surface area contributed by atoms with Crippen LogP contribution in [0.5, 0.6) is 0 Å². The zero-order valence-corrected chi connectivity index (χ0v) is 34.2. The molecule has 312 valence electrons. The number of aliphatic carboxylic acids is 1. The Kier molecular flexibility index (Phi) is 16.1. The number of nitrogens with one attached hydrogen (secondary N) is 6. The van der Waals surface area contributed by atoms with Crippen LogP contribution < -0.4 is 32.3 Å². The molecular formula is C42H50BrN9O7. The topological polar surface area (TPSA) is 250 Å². The molecule has 59 heavy (non-hydrogen) atoms. The first-order valence-electron chi connectivity index (χ1n) is 19.7. The minimum Gasteiger partial charge on any atom is -0.481 e. The fourth-order valence-electron chi connectivity index (χ4n) is 6.88. The van der Waals surface area contributed by atoms with Crippen molar-refractivity contribution in [1.82, 2.24) is 36.2 Å². The van der Waals surface area contributed by atoms with Gasteiger partial charge in [-0.3, -0.25) is 33.8 Å². The summed E-state index contributed by atoms with van der Waals surface area (Å²) < 4.78 is 0.922. The molecule has 1 fully saturated rings. The summed E-state index contributed by atoms with van der Waals surface area (Å²) in [6, 6.07) is 14.2. The van der Waals surface area contributed by atoms with E-state index in [-0.39, 0.29) is 38.0 Å². The molecular weight excluding hydrogens is 822 g/mol. The smallest absolute Gasteiger partial charge is 0.303 e. The number of nitrogens with two attached hydrogens (primary N) is 1. The summed E-state index contributed by atoms with van der Waals surface area (Å²) in [5.74, 6) is -3.22. The van der Waals surface area contributed by atoms with Crippen molar-refractivity contribution in [3.8, 4) is 0 Å². The monoisotopic (exact) mass is 871 g/mol. The van der Waals surface area contributed by atoms with Gasteiger partial charge in [0.2, 0.25) is 35.5 Å². The molecule has 0 radical (unpaired) electrons. The largest absolute Gasteiger partial charge is 0.481 e. The summed E-state index contributed by atoms with van der Waals surface area (Å²) >= 11 is 3.46. The molecule has 0 aliphatic heterocycles. The third kappa shape index (κ3) is 13.8. The average Bonchev–Trinajstić information content (AvgIpc) is 3.61. The Balaban J connectivity index is 1.23. The Labute approximate surface area is 350 Å². The van der Waals surface area contributed by atoms with E-state index in [1.165, 1.54) is 6.08 Å². The normalized spacial score (nSPS) is 14.5. The van der Waals surface area contributed by atoms with E-state index in [1.54, 1.807) is 36.7 Å². The van der Waals surface area contributed by atoms with E-state index < -0.39 is 47.2 Å². The highest BCUT2D eigenvalue weighted by atomic mass is 79.9. The predicted octanol–water partition coefficient (Wildman–Crippen LogP) is 4.54. The molecule has 0 bridgehead atoms. The van der Waals surface area contributed by atoms with E-state index in [4.69, 9.17) is 5.73 Å². The number of carbonyl (C=O) groups excluding carboxylic acids is 5. The van der Waals surface area contributed by atoms with Crippen molar-refractivity contribution in [1.29, 1.82) is 0 Å². The highest BCUT2D eigenvalue weighted by molar-refractivity contribution is 9.10. The Morgan fingerprint density at radius 2 is 1.66 bits per heavy atom. The maximum Gasteiger partial charge on any atom is 0.303 e. The number of H-pyrrole nitrogens is 1. The molecule has 17 heteroatoms. The van der Waals surface area contributed by atoms with Crippen LogP contribution in [-0.2, 0) is 35.2 Å². The molecule has 1 aliphatic carbocycles. The van der Waals surface area contributed by atoms with Crippen molar-refractivity contribution in [2.75, 3.05) is 11.9 Å². The Morgan fingerprint density at radius 3 is 2.37 bits per heavy atom. The number of unbranched alkanes of at least 4 members (excludes halogenated alkanes) is 1. The number of aromatic nitrogens is 3. The van der Waals surface area contributed by atoms with E-state index in [0.717, 1.165) is 33.2 Å². The van der Waals surface area contributed by atoms with Crippen molar-refractivity contribution < 1.29 is 33.9 Å². The number of amides is 5. The SMILES string of the molecule is NC(=O)C1(NC(=O)[C@H](CCCC(=O)O)NC(=O)[C@H](CCCCNC(=O)/C=C/c2cccnc2)NC(=O)Cc2ccc(Nc3nc4ccc(Br)cc4[nH]3)cc2)CCCCC1. The first-order chi connectivity index (χ1) is 28.4. The number of aromatic amines is 1. The first kappa shape index (κ1) is 44.0. The van der Waals surface area contributed by atoms with Crippen LogP contribution in [0.15, 0.2) is 77.5 Å². The lowest BCUT2D eigenvalue weighted by atomic mass is 9.80. The van der Waals surface area contributed by atoms with Crippen LogP contribution in [0, 0.1) is 0 Å². The number of primary amides is 1. The molecule has 2 heterocycles. The number of nitrogens with zero attached hydrogens (tertiary/aromatic N) is 2. The van der Waals surface area contributed by atoms with Gasteiger partial charge in [0.05, 0.1) is 17.5 Å². The van der Waals surface area contributed by atoms with Crippen molar-refractivity contribution in [3.05, 3.63) is 88.7 Å². The van der Waals surface area contributed by atoms with E-state index >= 15 is 0 Å². The molecule has 4 aromatic rings. The highest BCUT2D eigenvalue weighted by Crippen LogP contribution is 2.28. The standard InChI is InChI=1S/C42H50BrN9O7/c43-29-15-18-31-34(25-29)51-41(50-31)47-30-16-12-27(13-17-30)24-36(54)48-32(9-2-5-23-46-35(53)19-14-28-8-7-22-45-26-28)38(57)49-33(10-6-11-37(55)56)39(58)52-42(40(44)59)20-3-1-4-21-42/h7-8,12-19,22,25-26,32-33H,1-6,9-11,20-21,23-24H2,(H2,44,59)(H,46,53)(H,48,54)(H,49,57)(H,52,58)(H,55,56)(H2,47,50,51)/b19-14+/t32-,33-/m0/s1. The van der Waals surface area contributed by atoms with Crippen LogP contribution in [-0.4, -0.2) is 79.7 Å². The fraction of sp³-hybridized carbons (Fsp3) is 0.381. The van der Waals surface area contributed by atoms with Gasteiger partial charge in [-0.05, 0) is 98.5 Å². The second kappa shape index (κ2) is 21.6. The molecule has 2 aromatic carbocycles. The summed E-state index contributed by atoms with van der Waals surface area (Å²) in [5.41, 5.74) is 8.33. The van der Waals surface area contributed by atoms with Crippen LogP contribution >= 0.6 is 15.9 Å². The van der Waals surface area contributed by atoms with Gasteiger partial charge in [0.15, 0.2) is 0 Å². The summed E-state index contributed by atoms with van der Waals surface area (Å²) in [4.78, 5) is 89.1. The van der Waals surface area contributed by atoms with Crippen LogP contribution in [0.3, 0.4) is 0 Å². The zero-order chi connectivity index (χ0) is 42.2. The molecule has 16 nitrogen and oxygen atoms in total. The maximum absolute atomic E-state index is 13.9. The lowest BCUT2D eigenvalue weighted by Gasteiger charge is -2.36. The molecule has 2 atom stereocenters. The number of imidazole rings is 1. The highest BCUT2D eigenvalue weighted by Gasteiger charge is 2.41. The molecule has 2 aromatic heterocycles. The van der Waals surface area contributed by atoms with Crippen LogP contribution in [0.4, 0.5) is 11.6 Å². The third-order valence-electron chi connectivity index (χ3n) is 10.1. The molecule has 0 spiro atoms. The van der Waals surface area contributed by atoms with Crippen LogP contribution in [0.2, 0.25) is 0 Å².